The molecule has 0 spiro atoms. The van der Waals surface area contributed by atoms with Gasteiger partial charge in [-0.15, -0.1) is 0 Å². The molecule has 2 aliphatic rings. The number of ether oxygens (including phenoxy) is 1. The van der Waals surface area contributed by atoms with E-state index in [2.05, 4.69) is 15.0 Å². The van der Waals surface area contributed by atoms with Crippen LogP contribution < -0.4 is 4.74 Å². The first-order chi connectivity index (χ1) is 12.3. The van der Waals surface area contributed by atoms with Crippen molar-refractivity contribution < 1.29 is 9.53 Å². The summed E-state index contributed by atoms with van der Waals surface area (Å²) in [5.41, 5.74) is 1.76. The van der Waals surface area contributed by atoms with E-state index >= 15 is 0 Å². The molecule has 3 heterocycles. The van der Waals surface area contributed by atoms with Crippen LogP contribution in [-0.2, 0) is 0 Å². The molecule has 1 aliphatic carbocycles. The predicted molar refractivity (Wildman–Crippen MR) is 92.4 cm³/mol. The van der Waals surface area contributed by atoms with Gasteiger partial charge in [-0.2, -0.15) is 0 Å². The lowest BCUT2D eigenvalue weighted by atomic mass is 9.97. The number of hydrogen-bond acceptors (Lipinski definition) is 5. The zero-order valence-electron chi connectivity index (χ0n) is 14.2. The largest absolute Gasteiger partial charge is 0.477 e. The molecule has 6 heteroatoms. The van der Waals surface area contributed by atoms with Crippen molar-refractivity contribution in [3.63, 3.8) is 0 Å². The second kappa shape index (κ2) is 7.17. The minimum Gasteiger partial charge on any atom is -0.477 e. The minimum absolute atomic E-state index is 0.0670. The topological polar surface area (TPSA) is 68.2 Å². The van der Waals surface area contributed by atoms with Gasteiger partial charge in [-0.3, -0.25) is 9.78 Å². The van der Waals surface area contributed by atoms with Gasteiger partial charge < -0.3 is 9.64 Å². The maximum absolute atomic E-state index is 12.4. The van der Waals surface area contributed by atoms with Crippen LogP contribution in [0.5, 0.6) is 5.88 Å². The van der Waals surface area contributed by atoms with E-state index in [4.69, 9.17) is 4.74 Å². The van der Waals surface area contributed by atoms with Gasteiger partial charge in [0, 0.05) is 37.5 Å². The number of rotatable bonds is 5. The summed E-state index contributed by atoms with van der Waals surface area (Å²) < 4.78 is 5.88. The summed E-state index contributed by atoms with van der Waals surface area (Å²) >= 11 is 0. The van der Waals surface area contributed by atoms with Crippen LogP contribution in [0.1, 0.15) is 47.7 Å². The smallest absolute Gasteiger partial charge is 0.255 e. The van der Waals surface area contributed by atoms with E-state index in [1.54, 1.807) is 24.8 Å². The Morgan fingerprint density at radius 2 is 2.04 bits per heavy atom. The third kappa shape index (κ3) is 3.95. The van der Waals surface area contributed by atoms with E-state index < -0.39 is 0 Å². The Balaban J connectivity index is 1.26. The van der Waals surface area contributed by atoms with Crippen LogP contribution in [0.25, 0.3) is 0 Å². The van der Waals surface area contributed by atoms with Gasteiger partial charge in [-0.25, -0.2) is 9.97 Å². The lowest BCUT2D eigenvalue weighted by Crippen LogP contribution is -2.39. The summed E-state index contributed by atoms with van der Waals surface area (Å²) in [7, 11) is 0. The number of carbonyl (C=O) groups excluding carboxylic acids is 1. The first-order valence-corrected chi connectivity index (χ1v) is 8.93. The third-order valence-electron chi connectivity index (χ3n) is 4.94. The highest BCUT2D eigenvalue weighted by Gasteiger charge is 2.26. The quantitative estimate of drug-likeness (QED) is 0.838. The summed E-state index contributed by atoms with van der Waals surface area (Å²) in [5, 5.41) is 0. The van der Waals surface area contributed by atoms with Crippen molar-refractivity contribution in [2.24, 2.45) is 5.92 Å². The number of aromatic nitrogens is 3. The highest BCUT2D eigenvalue weighted by atomic mass is 16.5. The molecule has 0 radical (unpaired) electrons. The van der Waals surface area contributed by atoms with E-state index in [1.165, 1.54) is 12.8 Å². The zero-order chi connectivity index (χ0) is 17.1. The number of amides is 1. The number of hydrogen-bond donors (Lipinski definition) is 0. The predicted octanol–water partition coefficient (Wildman–Crippen LogP) is 2.68. The molecule has 0 bridgehead atoms. The van der Waals surface area contributed by atoms with Crippen LogP contribution in [-0.4, -0.2) is 45.5 Å². The van der Waals surface area contributed by atoms with Crippen molar-refractivity contribution in [1.29, 1.82) is 0 Å². The van der Waals surface area contributed by atoms with Gasteiger partial charge in [-0.05, 0) is 43.7 Å². The van der Waals surface area contributed by atoms with Crippen LogP contribution >= 0.6 is 0 Å². The summed E-state index contributed by atoms with van der Waals surface area (Å²) in [6.07, 6.45) is 9.25. The molecule has 0 aromatic carbocycles. The Morgan fingerprint density at radius 1 is 1.20 bits per heavy atom. The molecule has 1 aliphatic heterocycles. The lowest BCUT2D eigenvalue weighted by Gasteiger charge is -2.31. The number of likely N-dealkylation sites (tertiary alicyclic amines) is 1. The van der Waals surface area contributed by atoms with Crippen molar-refractivity contribution in [2.75, 3.05) is 19.7 Å². The first kappa shape index (κ1) is 16.0. The monoisotopic (exact) mass is 338 g/mol. The van der Waals surface area contributed by atoms with Crippen LogP contribution in [0.2, 0.25) is 0 Å². The molecule has 1 saturated carbocycles. The molecule has 4 rings (SSSR count). The fourth-order valence-corrected chi connectivity index (χ4v) is 3.21. The molecule has 0 N–H and O–H groups in total. The third-order valence-corrected chi connectivity index (χ3v) is 4.94. The van der Waals surface area contributed by atoms with E-state index in [-0.39, 0.29) is 5.91 Å². The number of nitrogens with zero attached hydrogens (tertiary/aromatic N) is 4. The van der Waals surface area contributed by atoms with Crippen molar-refractivity contribution in [1.82, 2.24) is 19.9 Å². The van der Waals surface area contributed by atoms with Crippen LogP contribution in [0, 0.1) is 5.92 Å². The van der Waals surface area contributed by atoms with Crippen LogP contribution in [0.15, 0.2) is 36.9 Å². The fraction of sp³-hybridized carbons (Fsp3) is 0.474. The number of pyridine rings is 1. The van der Waals surface area contributed by atoms with Gasteiger partial charge in [0.25, 0.3) is 5.91 Å². The molecule has 1 saturated heterocycles. The molecular weight excluding hydrogens is 316 g/mol. The maximum atomic E-state index is 12.4. The van der Waals surface area contributed by atoms with Gasteiger partial charge in [0.05, 0.1) is 17.9 Å². The average Bonchev–Trinajstić information content (AvgIpc) is 3.52. The van der Waals surface area contributed by atoms with Crippen molar-refractivity contribution in [3.05, 3.63) is 48.2 Å². The zero-order valence-corrected chi connectivity index (χ0v) is 14.2. The Bertz CT molecular complexity index is 725. The van der Waals surface area contributed by atoms with Gasteiger partial charge in [0.1, 0.15) is 6.33 Å². The molecule has 2 fully saturated rings. The Morgan fingerprint density at radius 3 is 2.76 bits per heavy atom. The Hall–Kier alpha value is -2.50. The van der Waals surface area contributed by atoms with Gasteiger partial charge >= 0.3 is 0 Å². The second-order valence-corrected chi connectivity index (χ2v) is 6.84. The van der Waals surface area contributed by atoms with Crippen molar-refractivity contribution in [2.45, 2.75) is 31.6 Å². The number of carbonyl (C=O) groups is 1. The molecule has 0 atom stereocenters. The van der Waals surface area contributed by atoms with Crippen molar-refractivity contribution >= 4 is 5.91 Å². The fourth-order valence-electron chi connectivity index (χ4n) is 3.21. The molecule has 2 aromatic heterocycles. The molecular formula is C19H22N4O2. The highest BCUT2D eigenvalue weighted by molar-refractivity contribution is 5.93. The molecule has 1 amide bonds. The number of piperidine rings is 1. The van der Waals surface area contributed by atoms with Crippen LogP contribution in [0.4, 0.5) is 0 Å². The normalized spacial score (nSPS) is 18.2. The Labute approximate surface area is 147 Å². The van der Waals surface area contributed by atoms with E-state index in [1.807, 2.05) is 17.0 Å². The van der Waals surface area contributed by atoms with E-state index in [9.17, 15) is 4.79 Å². The van der Waals surface area contributed by atoms with Crippen molar-refractivity contribution in [3.8, 4) is 5.88 Å². The van der Waals surface area contributed by atoms with Gasteiger partial charge in [-0.1, -0.05) is 0 Å². The molecule has 25 heavy (non-hydrogen) atoms. The minimum atomic E-state index is 0.0670. The molecule has 130 valence electrons. The first-order valence-electron chi connectivity index (χ1n) is 8.93. The summed E-state index contributed by atoms with van der Waals surface area (Å²) in [4.78, 5) is 26.9. The highest BCUT2D eigenvalue weighted by Crippen LogP contribution is 2.39. The Kier molecular flexibility index (Phi) is 4.59. The molecule has 6 nitrogen and oxygen atoms in total. The summed E-state index contributed by atoms with van der Waals surface area (Å²) in [5.74, 6) is 1.80. The maximum Gasteiger partial charge on any atom is 0.255 e. The SMILES string of the molecule is O=C(c1cccnc1)N1CCC(COc2cc(C3CC3)ncn2)CC1. The standard InChI is InChI=1S/C19H22N4O2/c24-19(16-2-1-7-20-11-16)23-8-5-14(6-9-23)12-25-18-10-17(15-3-4-15)21-13-22-18/h1-2,7,10-11,13-15H,3-6,8-9,12H2. The molecule has 2 aromatic rings. The van der Waals surface area contributed by atoms with E-state index in [0.717, 1.165) is 31.6 Å². The summed E-state index contributed by atoms with van der Waals surface area (Å²) in [6.45, 7) is 2.17. The van der Waals surface area contributed by atoms with Gasteiger partial charge in [0.15, 0.2) is 0 Å². The molecule has 0 unspecified atom stereocenters. The van der Waals surface area contributed by atoms with Crippen LogP contribution in [0.3, 0.4) is 0 Å². The summed E-state index contributed by atoms with van der Waals surface area (Å²) in [6, 6.07) is 5.58. The van der Waals surface area contributed by atoms with E-state index in [0.29, 0.717) is 29.9 Å². The lowest BCUT2D eigenvalue weighted by molar-refractivity contribution is 0.0659. The second-order valence-electron chi connectivity index (χ2n) is 6.84. The van der Waals surface area contributed by atoms with Gasteiger partial charge in [0.2, 0.25) is 5.88 Å². The average molecular weight is 338 g/mol.